The Labute approximate surface area is 176 Å². The van der Waals surface area contributed by atoms with Crippen molar-refractivity contribution in [2.75, 3.05) is 0 Å². The maximum atomic E-state index is 13.6. The molecule has 5 rings (SSSR count). The lowest BCUT2D eigenvalue weighted by atomic mass is 10.1. The molecule has 5 aromatic rings. The zero-order valence-electron chi connectivity index (χ0n) is 17.5. The number of benzene rings is 2. The number of hydrogen-bond donors (Lipinski definition) is 0. The third-order valence-corrected chi connectivity index (χ3v) is 5.71. The van der Waals surface area contributed by atoms with Gasteiger partial charge in [-0.25, -0.2) is 9.18 Å². The summed E-state index contributed by atoms with van der Waals surface area (Å²) in [6.45, 7) is 4.00. The SMILES string of the molecule is Cc1ccc(C)c(-n2c(-c3ccc(F)cc3)cn3c4c(=O)n(C)c(=O)n(C)c4nc23)c1. The van der Waals surface area contributed by atoms with Crippen molar-refractivity contribution in [3.63, 3.8) is 0 Å². The third kappa shape index (κ3) is 2.68. The largest absolute Gasteiger partial charge is 0.332 e. The van der Waals surface area contributed by atoms with E-state index in [0.717, 1.165) is 32.6 Å². The van der Waals surface area contributed by atoms with Crippen molar-refractivity contribution in [3.05, 3.63) is 86.4 Å². The van der Waals surface area contributed by atoms with E-state index in [-0.39, 0.29) is 5.82 Å². The number of aromatic nitrogens is 5. The molecule has 0 aliphatic carbocycles. The highest BCUT2D eigenvalue weighted by Gasteiger charge is 2.22. The quantitative estimate of drug-likeness (QED) is 0.443. The molecule has 0 spiro atoms. The Kier molecular flexibility index (Phi) is 4.01. The van der Waals surface area contributed by atoms with Crippen molar-refractivity contribution in [3.8, 4) is 16.9 Å². The lowest BCUT2D eigenvalue weighted by Crippen LogP contribution is -2.37. The molecule has 7 nitrogen and oxygen atoms in total. The van der Waals surface area contributed by atoms with Crippen molar-refractivity contribution in [2.45, 2.75) is 13.8 Å². The van der Waals surface area contributed by atoms with Crippen LogP contribution in [0.25, 0.3) is 33.9 Å². The van der Waals surface area contributed by atoms with E-state index < -0.39 is 11.2 Å². The molecule has 0 N–H and O–H groups in total. The first-order valence-electron chi connectivity index (χ1n) is 9.81. The van der Waals surface area contributed by atoms with Crippen LogP contribution in [0.15, 0.2) is 58.3 Å². The topological polar surface area (TPSA) is 66.2 Å². The molecule has 0 saturated heterocycles. The van der Waals surface area contributed by atoms with Gasteiger partial charge in [-0.05, 0) is 55.3 Å². The van der Waals surface area contributed by atoms with E-state index in [1.807, 2.05) is 42.8 Å². The summed E-state index contributed by atoms with van der Waals surface area (Å²) < 4.78 is 19.7. The second-order valence-electron chi connectivity index (χ2n) is 7.81. The van der Waals surface area contributed by atoms with Crippen LogP contribution in [0.3, 0.4) is 0 Å². The molecule has 0 aliphatic rings. The first kappa shape index (κ1) is 19.0. The van der Waals surface area contributed by atoms with E-state index in [1.165, 1.54) is 23.7 Å². The number of hydrogen-bond acceptors (Lipinski definition) is 3. The first-order chi connectivity index (χ1) is 14.8. The molecule has 0 radical (unpaired) electrons. The molecular weight excluding hydrogens is 397 g/mol. The van der Waals surface area contributed by atoms with Gasteiger partial charge in [-0.3, -0.25) is 22.9 Å². The molecule has 0 unspecified atom stereocenters. The van der Waals surface area contributed by atoms with E-state index in [4.69, 9.17) is 0 Å². The van der Waals surface area contributed by atoms with Crippen LogP contribution in [0.4, 0.5) is 4.39 Å². The molecule has 8 heteroatoms. The van der Waals surface area contributed by atoms with Crippen LogP contribution >= 0.6 is 0 Å². The van der Waals surface area contributed by atoms with Gasteiger partial charge in [0.2, 0.25) is 5.78 Å². The number of fused-ring (bicyclic) bond motifs is 3. The monoisotopic (exact) mass is 417 g/mol. The van der Waals surface area contributed by atoms with E-state index in [9.17, 15) is 14.0 Å². The average Bonchev–Trinajstić information content (AvgIpc) is 3.29. The van der Waals surface area contributed by atoms with Gasteiger partial charge in [-0.15, -0.1) is 0 Å². The van der Waals surface area contributed by atoms with Gasteiger partial charge in [-0.2, -0.15) is 4.98 Å². The van der Waals surface area contributed by atoms with Gasteiger partial charge in [0.25, 0.3) is 5.56 Å². The third-order valence-electron chi connectivity index (χ3n) is 5.71. The lowest BCUT2D eigenvalue weighted by Gasteiger charge is -2.13. The zero-order chi connectivity index (χ0) is 22.0. The van der Waals surface area contributed by atoms with Gasteiger partial charge in [0, 0.05) is 25.9 Å². The molecule has 0 atom stereocenters. The van der Waals surface area contributed by atoms with Crippen molar-refractivity contribution in [2.24, 2.45) is 14.1 Å². The van der Waals surface area contributed by atoms with Crippen molar-refractivity contribution in [1.29, 1.82) is 0 Å². The summed E-state index contributed by atoms with van der Waals surface area (Å²) >= 11 is 0. The Morgan fingerprint density at radius 1 is 0.935 bits per heavy atom. The number of halogens is 1. The molecule has 156 valence electrons. The number of aryl methyl sites for hydroxylation is 3. The second kappa shape index (κ2) is 6.53. The summed E-state index contributed by atoms with van der Waals surface area (Å²) in [5.41, 5.74) is 4.28. The molecular formula is C23H20FN5O2. The fourth-order valence-corrected chi connectivity index (χ4v) is 3.99. The molecule has 0 aliphatic heterocycles. The Balaban J connectivity index is 1.99. The van der Waals surface area contributed by atoms with Crippen LogP contribution < -0.4 is 11.2 Å². The number of rotatable bonds is 2. The van der Waals surface area contributed by atoms with Crippen LogP contribution in [0.2, 0.25) is 0 Å². The summed E-state index contributed by atoms with van der Waals surface area (Å²) in [6, 6.07) is 12.3. The fraction of sp³-hybridized carbons (Fsp3) is 0.174. The molecule has 3 heterocycles. The van der Waals surface area contributed by atoms with Crippen LogP contribution in [0.1, 0.15) is 11.1 Å². The Morgan fingerprint density at radius 2 is 1.65 bits per heavy atom. The van der Waals surface area contributed by atoms with E-state index >= 15 is 0 Å². The molecule has 2 aromatic carbocycles. The minimum Gasteiger partial charge on any atom is -0.279 e. The normalized spacial score (nSPS) is 11.6. The molecule has 3 aromatic heterocycles. The molecule has 31 heavy (non-hydrogen) atoms. The van der Waals surface area contributed by atoms with E-state index in [2.05, 4.69) is 4.98 Å². The Bertz CT molecular complexity index is 1620. The van der Waals surface area contributed by atoms with Gasteiger partial charge in [0.1, 0.15) is 5.82 Å². The minimum absolute atomic E-state index is 0.312. The highest BCUT2D eigenvalue weighted by molar-refractivity contribution is 5.79. The lowest BCUT2D eigenvalue weighted by molar-refractivity contribution is 0.628. The molecule has 0 bridgehead atoms. The van der Waals surface area contributed by atoms with E-state index in [1.54, 1.807) is 23.6 Å². The second-order valence-corrected chi connectivity index (χ2v) is 7.81. The summed E-state index contributed by atoms with van der Waals surface area (Å²) in [5, 5.41) is 0. The van der Waals surface area contributed by atoms with Crippen molar-refractivity contribution >= 4 is 16.9 Å². The van der Waals surface area contributed by atoms with Crippen molar-refractivity contribution in [1.82, 2.24) is 23.1 Å². The van der Waals surface area contributed by atoms with Crippen LogP contribution in [-0.2, 0) is 14.1 Å². The predicted molar refractivity (Wildman–Crippen MR) is 117 cm³/mol. The first-order valence-corrected chi connectivity index (χ1v) is 9.81. The van der Waals surface area contributed by atoms with Gasteiger partial charge < -0.3 is 0 Å². The minimum atomic E-state index is -0.435. The number of nitrogens with zero attached hydrogens (tertiary/aromatic N) is 5. The van der Waals surface area contributed by atoms with Gasteiger partial charge in [0.15, 0.2) is 11.2 Å². The van der Waals surface area contributed by atoms with E-state index in [0.29, 0.717) is 16.9 Å². The van der Waals surface area contributed by atoms with Gasteiger partial charge >= 0.3 is 5.69 Å². The number of imidazole rings is 2. The highest BCUT2D eigenvalue weighted by Crippen LogP contribution is 2.30. The predicted octanol–water partition coefficient (Wildman–Crippen LogP) is 3.10. The maximum absolute atomic E-state index is 13.6. The molecule has 0 fully saturated rings. The maximum Gasteiger partial charge on any atom is 0.332 e. The summed E-state index contributed by atoms with van der Waals surface area (Å²) in [6.07, 6.45) is 1.81. The molecule has 0 amide bonds. The fourth-order valence-electron chi connectivity index (χ4n) is 3.99. The van der Waals surface area contributed by atoms with Crippen LogP contribution in [0.5, 0.6) is 0 Å². The van der Waals surface area contributed by atoms with Crippen LogP contribution in [0, 0.1) is 19.7 Å². The van der Waals surface area contributed by atoms with Crippen molar-refractivity contribution < 1.29 is 4.39 Å². The molecule has 0 saturated carbocycles. The van der Waals surface area contributed by atoms with Gasteiger partial charge in [-0.1, -0.05) is 12.1 Å². The Hall–Kier alpha value is -3.94. The van der Waals surface area contributed by atoms with Crippen LogP contribution in [-0.4, -0.2) is 23.1 Å². The highest BCUT2D eigenvalue weighted by atomic mass is 19.1. The van der Waals surface area contributed by atoms with Gasteiger partial charge in [0.05, 0.1) is 11.4 Å². The summed E-state index contributed by atoms with van der Waals surface area (Å²) in [7, 11) is 3.05. The average molecular weight is 417 g/mol. The zero-order valence-corrected chi connectivity index (χ0v) is 17.5. The Morgan fingerprint density at radius 3 is 2.35 bits per heavy atom. The summed E-state index contributed by atoms with van der Waals surface area (Å²) in [5.74, 6) is 0.175. The standard InChI is InChI=1S/C23H20FN5O2/c1-13-5-6-14(2)17(11-13)29-18(15-7-9-16(24)10-8-15)12-28-19-20(25-22(28)29)26(3)23(31)27(4)21(19)30/h5-12H,1-4H3. The smallest absolute Gasteiger partial charge is 0.279 e. The summed E-state index contributed by atoms with van der Waals surface area (Å²) in [4.78, 5) is 30.1.